The highest BCUT2D eigenvalue weighted by Crippen LogP contribution is 2.38. The van der Waals surface area contributed by atoms with E-state index in [2.05, 4.69) is 4.99 Å². The predicted molar refractivity (Wildman–Crippen MR) is 125 cm³/mol. The van der Waals surface area contributed by atoms with E-state index in [1.165, 1.54) is 7.11 Å². The Bertz CT molecular complexity index is 1130. The summed E-state index contributed by atoms with van der Waals surface area (Å²) < 4.78 is 60.3. The zero-order valence-corrected chi connectivity index (χ0v) is 21.3. The number of hydrogen-bond donors (Lipinski definition) is 0. The first-order valence-corrected chi connectivity index (χ1v) is 11.7. The molecule has 194 valence electrons. The number of ether oxygens (including phenoxy) is 3. The fourth-order valence-electron chi connectivity index (χ4n) is 4.02. The SMILES string of the molecule is COCCOc1c(Cl)cc(C(F)(F)F)cc1C(=O)N=c1cc(C(C)(C)C)n(C)n1C[C@H]1CCCO1. The average molecular weight is 518 g/mol. The van der Waals surface area contributed by atoms with Crippen LogP contribution in [0, 0.1) is 0 Å². The molecule has 2 aromatic rings. The molecule has 11 heteroatoms. The predicted octanol–water partition coefficient (Wildman–Crippen LogP) is 4.74. The summed E-state index contributed by atoms with van der Waals surface area (Å²) in [5.41, 5.74) is -0.478. The van der Waals surface area contributed by atoms with Gasteiger partial charge in [-0.1, -0.05) is 32.4 Å². The van der Waals surface area contributed by atoms with Gasteiger partial charge >= 0.3 is 6.18 Å². The highest BCUT2D eigenvalue weighted by Gasteiger charge is 2.34. The Morgan fingerprint density at radius 1 is 1.23 bits per heavy atom. The van der Waals surface area contributed by atoms with Crippen LogP contribution in [0.15, 0.2) is 23.2 Å². The molecule has 3 rings (SSSR count). The van der Waals surface area contributed by atoms with Crippen molar-refractivity contribution in [3.05, 3.63) is 45.5 Å². The van der Waals surface area contributed by atoms with Gasteiger partial charge in [0.05, 0.1) is 35.4 Å². The van der Waals surface area contributed by atoms with Gasteiger partial charge in [-0.25, -0.2) is 0 Å². The van der Waals surface area contributed by atoms with E-state index >= 15 is 0 Å². The van der Waals surface area contributed by atoms with Crippen LogP contribution in [-0.2, 0) is 34.7 Å². The molecule has 1 saturated heterocycles. The van der Waals surface area contributed by atoms with Gasteiger partial charge < -0.3 is 14.2 Å². The molecule has 0 saturated carbocycles. The van der Waals surface area contributed by atoms with Gasteiger partial charge in [0, 0.05) is 37.9 Å². The summed E-state index contributed by atoms with van der Waals surface area (Å²) in [4.78, 5) is 17.5. The Hall–Kier alpha value is -2.30. The number of carbonyl (C=O) groups excluding carboxylic acids is 1. The van der Waals surface area contributed by atoms with Crippen molar-refractivity contribution in [2.45, 2.75) is 57.9 Å². The van der Waals surface area contributed by atoms with Crippen molar-refractivity contribution in [2.75, 3.05) is 26.9 Å². The largest absolute Gasteiger partial charge is 0.489 e. The topological polar surface area (TPSA) is 67.0 Å². The molecular formula is C24H31ClF3N3O4. The monoisotopic (exact) mass is 517 g/mol. The first-order chi connectivity index (χ1) is 16.3. The van der Waals surface area contributed by atoms with Crippen LogP contribution in [0.3, 0.4) is 0 Å². The molecule has 1 fully saturated rings. The molecule has 0 N–H and O–H groups in total. The first-order valence-electron chi connectivity index (χ1n) is 11.3. The lowest BCUT2D eigenvalue weighted by molar-refractivity contribution is -0.137. The molecule has 0 radical (unpaired) electrons. The average Bonchev–Trinajstić information content (AvgIpc) is 3.37. The minimum atomic E-state index is -4.70. The maximum Gasteiger partial charge on any atom is 0.416 e. The van der Waals surface area contributed by atoms with E-state index in [4.69, 9.17) is 25.8 Å². The Balaban J connectivity index is 2.13. The second kappa shape index (κ2) is 10.8. The fraction of sp³-hybridized carbons (Fsp3) is 0.583. The quantitative estimate of drug-likeness (QED) is 0.497. The zero-order valence-electron chi connectivity index (χ0n) is 20.5. The molecule has 0 bridgehead atoms. The number of carbonyl (C=O) groups is 1. The third-order valence-electron chi connectivity index (χ3n) is 5.76. The molecule has 1 aromatic carbocycles. The Kier molecular flexibility index (Phi) is 8.39. The van der Waals surface area contributed by atoms with Crippen LogP contribution >= 0.6 is 11.6 Å². The minimum absolute atomic E-state index is 0.000390. The van der Waals surface area contributed by atoms with Gasteiger partial charge in [0.1, 0.15) is 6.61 Å². The van der Waals surface area contributed by atoms with Crippen LogP contribution in [0.5, 0.6) is 5.75 Å². The number of amides is 1. The number of alkyl halides is 3. The van der Waals surface area contributed by atoms with Crippen molar-refractivity contribution in [3.8, 4) is 5.75 Å². The lowest BCUT2D eigenvalue weighted by atomic mass is 9.92. The Labute approximate surface area is 207 Å². The zero-order chi connectivity index (χ0) is 26.0. The smallest absolute Gasteiger partial charge is 0.416 e. The molecule has 0 unspecified atom stereocenters. The van der Waals surface area contributed by atoms with E-state index in [1.54, 1.807) is 6.07 Å². The molecular weight excluding hydrogens is 487 g/mol. The van der Waals surface area contributed by atoms with E-state index in [9.17, 15) is 18.0 Å². The third-order valence-corrected chi connectivity index (χ3v) is 6.04. The molecule has 35 heavy (non-hydrogen) atoms. The molecule has 7 nitrogen and oxygen atoms in total. The summed E-state index contributed by atoms with van der Waals surface area (Å²) in [5, 5.41) is -0.329. The number of hydrogen-bond acceptors (Lipinski definition) is 4. The molecule has 2 heterocycles. The summed E-state index contributed by atoms with van der Waals surface area (Å²) in [7, 11) is 3.31. The van der Waals surface area contributed by atoms with E-state index in [1.807, 2.05) is 37.2 Å². The van der Waals surface area contributed by atoms with Gasteiger partial charge in [0.25, 0.3) is 5.91 Å². The van der Waals surface area contributed by atoms with E-state index in [-0.39, 0.29) is 41.1 Å². The van der Waals surface area contributed by atoms with Gasteiger partial charge in [0.15, 0.2) is 11.2 Å². The van der Waals surface area contributed by atoms with Gasteiger partial charge in [0.2, 0.25) is 0 Å². The lowest BCUT2D eigenvalue weighted by Crippen LogP contribution is -2.30. The minimum Gasteiger partial charge on any atom is -0.489 e. The first kappa shape index (κ1) is 27.3. The molecule has 1 aliphatic rings. The van der Waals surface area contributed by atoms with Crippen molar-refractivity contribution in [1.29, 1.82) is 0 Å². The van der Waals surface area contributed by atoms with Crippen molar-refractivity contribution < 1.29 is 32.2 Å². The lowest BCUT2D eigenvalue weighted by Gasteiger charge is -2.21. The number of rotatable bonds is 7. The molecule has 0 aliphatic carbocycles. The van der Waals surface area contributed by atoms with Crippen LogP contribution in [0.25, 0.3) is 0 Å². The van der Waals surface area contributed by atoms with Gasteiger partial charge in [-0.05, 0) is 25.0 Å². The molecule has 0 spiro atoms. The summed E-state index contributed by atoms with van der Waals surface area (Å²) in [5.74, 6) is -1.05. The third kappa shape index (κ3) is 6.48. The van der Waals surface area contributed by atoms with Crippen LogP contribution in [-0.4, -0.2) is 48.3 Å². The number of nitrogens with zero attached hydrogens (tertiary/aromatic N) is 3. The van der Waals surface area contributed by atoms with Crippen LogP contribution in [0.4, 0.5) is 13.2 Å². The highest BCUT2D eigenvalue weighted by molar-refractivity contribution is 6.32. The molecule has 1 aliphatic heterocycles. The van der Waals surface area contributed by atoms with Crippen LogP contribution in [0.2, 0.25) is 5.02 Å². The van der Waals surface area contributed by atoms with E-state index in [0.717, 1.165) is 30.7 Å². The van der Waals surface area contributed by atoms with E-state index < -0.39 is 17.6 Å². The Morgan fingerprint density at radius 3 is 2.51 bits per heavy atom. The normalized spacial score (nSPS) is 17.3. The van der Waals surface area contributed by atoms with Crippen LogP contribution in [0.1, 0.15) is 55.2 Å². The number of aromatic nitrogens is 2. The second-order valence-electron chi connectivity index (χ2n) is 9.47. The summed E-state index contributed by atoms with van der Waals surface area (Å²) in [6.07, 6.45) is -2.92. The van der Waals surface area contributed by atoms with Crippen molar-refractivity contribution in [1.82, 2.24) is 9.36 Å². The molecule has 1 aromatic heterocycles. The summed E-state index contributed by atoms with van der Waals surface area (Å²) in [6.45, 7) is 7.37. The maximum absolute atomic E-state index is 13.5. The Morgan fingerprint density at radius 2 is 1.94 bits per heavy atom. The van der Waals surface area contributed by atoms with Gasteiger partial charge in [-0.2, -0.15) is 18.2 Å². The second-order valence-corrected chi connectivity index (χ2v) is 9.88. The van der Waals surface area contributed by atoms with Crippen LogP contribution < -0.4 is 10.2 Å². The fourth-order valence-corrected chi connectivity index (χ4v) is 4.29. The molecule has 1 amide bonds. The number of benzene rings is 1. The highest BCUT2D eigenvalue weighted by atomic mass is 35.5. The van der Waals surface area contributed by atoms with Crippen molar-refractivity contribution >= 4 is 17.5 Å². The summed E-state index contributed by atoms with van der Waals surface area (Å²) >= 11 is 6.11. The van der Waals surface area contributed by atoms with E-state index in [0.29, 0.717) is 18.6 Å². The van der Waals surface area contributed by atoms with Crippen molar-refractivity contribution in [3.63, 3.8) is 0 Å². The number of halogens is 4. The summed E-state index contributed by atoms with van der Waals surface area (Å²) in [6, 6.07) is 3.23. The van der Waals surface area contributed by atoms with Gasteiger partial charge in [-0.15, -0.1) is 0 Å². The molecule has 1 atom stereocenters. The maximum atomic E-state index is 13.5. The number of methoxy groups -OCH3 is 1. The standard InChI is InChI=1S/C24H31ClF3N3O4/c1-23(2,3)19-13-20(31(30(19)4)14-16-7-6-8-34-16)29-22(32)17-11-15(24(26,27)28)12-18(25)21(17)35-10-9-33-5/h11-13,16H,6-10,14H2,1-5H3/t16-/m1/s1. The van der Waals surface area contributed by atoms with Crippen molar-refractivity contribution in [2.24, 2.45) is 12.0 Å². The van der Waals surface area contributed by atoms with Gasteiger partial charge in [-0.3, -0.25) is 14.2 Å².